The predicted octanol–water partition coefficient (Wildman–Crippen LogP) is 3.89. The summed E-state index contributed by atoms with van der Waals surface area (Å²) in [5, 5.41) is 4.19. The van der Waals surface area contributed by atoms with Gasteiger partial charge in [0.05, 0.1) is 30.9 Å². The minimum atomic E-state index is -3.81. The number of hydrazone groups is 1. The van der Waals surface area contributed by atoms with Gasteiger partial charge in [-0.05, 0) is 72.3 Å². The van der Waals surface area contributed by atoms with Crippen molar-refractivity contribution in [1.29, 1.82) is 0 Å². The van der Waals surface area contributed by atoms with E-state index in [-0.39, 0.29) is 4.90 Å². The Kier molecular flexibility index (Phi) is 7.34. The van der Waals surface area contributed by atoms with Gasteiger partial charge in [0, 0.05) is 5.02 Å². The summed E-state index contributed by atoms with van der Waals surface area (Å²) < 4.78 is 40.1. The molecule has 0 amide bonds. The average Bonchev–Trinajstić information content (AvgIpc) is 2.80. The van der Waals surface area contributed by atoms with E-state index in [0.717, 1.165) is 0 Å². The van der Waals surface area contributed by atoms with Crippen LogP contribution in [-0.4, -0.2) is 34.8 Å². The molecule has 0 atom stereocenters. The molecule has 0 saturated heterocycles. The number of methoxy groups -OCH3 is 2. The van der Waals surface area contributed by atoms with Crippen molar-refractivity contribution in [2.45, 2.75) is 4.90 Å². The van der Waals surface area contributed by atoms with E-state index in [1.165, 1.54) is 50.8 Å². The molecule has 1 N–H and O–H groups in total. The summed E-state index contributed by atoms with van der Waals surface area (Å²) in [5.41, 5.74) is 0.889. The van der Waals surface area contributed by atoms with Gasteiger partial charge in [0.15, 0.2) is 11.5 Å². The SMILES string of the molecule is COc1ccc(C(=O)Oc2ccc(C=NNS(=O)(=O)c3ccc(Cl)cc3)cc2)cc1OC. The van der Waals surface area contributed by atoms with Gasteiger partial charge in [0.2, 0.25) is 0 Å². The molecule has 3 rings (SSSR count). The molecule has 0 aliphatic rings. The zero-order valence-electron chi connectivity index (χ0n) is 17.1. The highest BCUT2D eigenvalue weighted by molar-refractivity contribution is 7.89. The minimum Gasteiger partial charge on any atom is -0.493 e. The molecule has 32 heavy (non-hydrogen) atoms. The van der Waals surface area contributed by atoms with Gasteiger partial charge in [0.1, 0.15) is 5.75 Å². The first-order valence-corrected chi connectivity index (χ1v) is 11.0. The number of nitrogens with one attached hydrogen (secondary N) is 1. The Hall–Kier alpha value is -3.56. The minimum absolute atomic E-state index is 0.0384. The molecule has 0 spiro atoms. The van der Waals surface area contributed by atoms with Gasteiger partial charge < -0.3 is 14.2 Å². The van der Waals surface area contributed by atoms with Crippen LogP contribution in [0.15, 0.2) is 76.7 Å². The predicted molar refractivity (Wildman–Crippen MR) is 120 cm³/mol. The molecule has 3 aromatic carbocycles. The van der Waals surface area contributed by atoms with Crippen LogP contribution in [0.1, 0.15) is 15.9 Å². The van der Waals surface area contributed by atoms with Gasteiger partial charge in [-0.3, -0.25) is 0 Å². The number of sulfonamides is 1. The second-order valence-electron chi connectivity index (χ2n) is 6.34. The number of nitrogens with zero attached hydrogens (tertiary/aromatic N) is 1. The van der Waals surface area contributed by atoms with E-state index in [1.54, 1.807) is 36.4 Å². The van der Waals surface area contributed by atoms with E-state index in [1.807, 2.05) is 0 Å². The Morgan fingerprint density at radius 2 is 1.59 bits per heavy atom. The standard InChI is InChI=1S/C22H19ClN2O6S/c1-29-20-12-5-16(13-21(20)30-2)22(26)31-18-8-3-15(4-9-18)14-24-25-32(27,28)19-10-6-17(23)7-11-19/h3-14,25H,1-2H3. The first-order chi connectivity index (χ1) is 15.3. The van der Waals surface area contributed by atoms with Gasteiger partial charge in [-0.1, -0.05) is 11.6 Å². The topological polar surface area (TPSA) is 103 Å². The van der Waals surface area contributed by atoms with E-state index in [2.05, 4.69) is 9.93 Å². The van der Waals surface area contributed by atoms with Crippen molar-refractivity contribution in [2.24, 2.45) is 5.10 Å². The molecule has 8 nitrogen and oxygen atoms in total. The molecule has 3 aromatic rings. The molecular formula is C22H19ClN2O6S. The van der Waals surface area contributed by atoms with Crippen molar-refractivity contribution in [3.8, 4) is 17.2 Å². The number of esters is 1. The van der Waals surface area contributed by atoms with Crippen LogP contribution in [0, 0.1) is 0 Å². The summed E-state index contributed by atoms with van der Waals surface area (Å²) in [6, 6.07) is 16.8. The van der Waals surface area contributed by atoms with E-state index >= 15 is 0 Å². The summed E-state index contributed by atoms with van der Waals surface area (Å²) in [7, 11) is -0.830. The fourth-order valence-corrected chi connectivity index (χ4v) is 3.51. The van der Waals surface area contributed by atoms with Gasteiger partial charge in [-0.2, -0.15) is 13.5 Å². The summed E-state index contributed by atoms with van der Waals surface area (Å²) in [4.78, 5) is 14.5. The number of hydrogen-bond acceptors (Lipinski definition) is 7. The van der Waals surface area contributed by atoms with Crippen LogP contribution in [-0.2, 0) is 10.0 Å². The van der Waals surface area contributed by atoms with Gasteiger partial charge >= 0.3 is 5.97 Å². The number of hydrogen-bond donors (Lipinski definition) is 1. The lowest BCUT2D eigenvalue weighted by Crippen LogP contribution is -2.18. The van der Waals surface area contributed by atoms with Crippen LogP contribution < -0.4 is 19.0 Å². The quantitative estimate of drug-likeness (QED) is 0.230. The maximum Gasteiger partial charge on any atom is 0.343 e. The lowest BCUT2D eigenvalue weighted by Gasteiger charge is -2.09. The average molecular weight is 475 g/mol. The summed E-state index contributed by atoms with van der Waals surface area (Å²) >= 11 is 5.76. The smallest absolute Gasteiger partial charge is 0.343 e. The molecule has 0 radical (unpaired) electrons. The maximum absolute atomic E-state index is 12.4. The molecular weight excluding hydrogens is 456 g/mol. The second-order valence-corrected chi connectivity index (χ2v) is 8.43. The molecule has 0 aliphatic carbocycles. The third kappa shape index (κ3) is 5.77. The Morgan fingerprint density at radius 3 is 2.22 bits per heavy atom. The summed E-state index contributed by atoms with van der Waals surface area (Å²) in [5.74, 6) is 0.653. The Balaban J connectivity index is 1.62. The molecule has 0 unspecified atom stereocenters. The fourth-order valence-electron chi connectivity index (χ4n) is 2.59. The summed E-state index contributed by atoms with van der Waals surface area (Å²) in [6.07, 6.45) is 1.33. The lowest BCUT2D eigenvalue weighted by atomic mass is 10.2. The van der Waals surface area contributed by atoms with Crippen LogP contribution in [0.25, 0.3) is 0 Å². The van der Waals surface area contributed by atoms with Crippen molar-refractivity contribution >= 4 is 33.8 Å². The van der Waals surface area contributed by atoms with Crippen molar-refractivity contribution in [1.82, 2.24) is 4.83 Å². The Bertz CT molecular complexity index is 1230. The highest BCUT2D eigenvalue weighted by Gasteiger charge is 2.13. The van der Waals surface area contributed by atoms with E-state index in [0.29, 0.717) is 33.4 Å². The first kappa shape index (κ1) is 23.1. The fraction of sp³-hybridized carbons (Fsp3) is 0.0909. The van der Waals surface area contributed by atoms with Gasteiger partial charge in [-0.25, -0.2) is 9.63 Å². The number of halogens is 1. The molecule has 166 valence electrons. The number of carbonyl (C=O) groups is 1. The van der Waals surface area contributed by atoms with E-state index in [9.17, 15) is 13.2 Å². The number of carbonyl (C=O) groups excluding carboxylic acids is 1. The van der Waals surface area contributed by atoms with Gasteiger partial charge in [0.25, 0.3) is 10.0 Å². The van der Waals surface area contributed by atoms with Crippen molar-refractivity contribution in [2.75, 3.05) is 14.2 Å². The number of rotatable bonds is 8. The first-order valence-electron chi connectivity index (χ1n) is 9.17. The molecule has 0 bridgehead atoms. The van der Waals surface area contributed by atoms with Crippen LogP contribution >= 0.6 is 11.6 Å². The van der Waals surface area contributed by atoms with E-state index in [4.69, 9.17) is 25.8 Å². The monoisotopic (exact) mass is 474 g/mol. The third-order valence-corrected chi connectivity index (χ3v) is 5.71. The molecule has 0 fully saturated rings. The molecule has 10 heteroatoms. The van der Waals surface area contributed by atoms with Crippen LogP contribution in [0.4, 0.5) is 0 Å². The third-order valence-electron chi connectivity index (χ3n) is 4.22. The van der Waals surface area contributed by atoms with Crippen molar-refractivity contribution in [3.05, 3.63) is 82.9 Å². The normalized spacial score (nSPS) is 11.2. The number of benzene rings is 3. The lowest BCUT2D eigenvalue weighted by molar-refractivity contribution is 0.0734. The van der Waals surface area contributed by atoms with Crippen molar-refractivity contribution < 1.29 is 27.4 Å². The zero-order chi connectivity index (χ0) is 23.1. The second kappa shape index (κ2) is 10.2. The molecule has 0 aliphatic heterocycles. The van der Waals surface area contributed by atoms with Crippen LogP contribution in [0.5, 0.6) is 17.2 Å². The molecule has 0 saturated carbocycles. The zero-order valence-corrected chi connectivity index (χ0v) is 18.7. The largest absolute Gasteiger partial charge is 0.493 e. The van der Waals surface area contributed by atoms with E-state index < -0.39 is 16.0 Å². The van der Waals surface area contributed by atoms with Crippen LogP contribution in [0.3, 0.4) is 0 Å². The van der Waals surface area contributed by atoms with Crippen molar-refractivity contribution in [3.63, 3.8) is 0 Å². The molecule has 0 aromatic heterocycles. The Labute approximate surface area is 190 Å². The number of ether oxygens (including phenoxy) is 3. The maximum atomic E-state index is 12.4. The van der Waals surface area contributed by atoms with Crippen LogP contribution in [0.2, 0.25) is 5.02 Å². The van der Waals surface area contributed by atoms with Gasteiger partial charge in [-0.15, -0.1) is 0 Å². The highest BCUT2D eigenvalue weighted by atomic mass is 35.5. The summed E-state index contributed by atoms with van der Waals surface area (Å²) in [6.45, 7) is 0. The molecule has 0 heterocycles. The highest BCUT2D eigenvalue weighted by Crippen LogP contribution is 2.28. The Morgan fingerprint density at radius 1 is 0.938 bits per heavy atom.